The predicted molar refractivity (Wildman–Crippen MR) is 36.2 cm³/mol. The van der Waals surface area contributed by atoms with E-state index in [1.54, 1.807) is 13.8 Å². The molecule has 3 N–H and O–H groups in total. The number of carbonyl (C=O) groups is 1. The van der Waals surface area contributed by atoms with Crippen molar-refractivity contribution in [2.45, 2.75) is 26.3 Å². The van der Waals surface area contributed by atoms with E-state index in [-0.39, 0.29) is 26.2 Å². The van der Waals surface area contributed by atoms with Crippen molar-refractivity contribution in [2.24, 2.45) is 11.7 Å². The maximum Gasteiger partial charge on any atom is 1.00 e. The predicted octanol–water partition coefficient (Wildman–Crippen LogP) is -2.44. The molecule has 0 aliphatic heterocycles. The summed E-state index contributed by atoms with van der Waals surface area (Å²) in [6.45, 7) is 5.09. The Morgan fingerprint density at radius 1 is 1.70 bits per heavy atom. The Hall–Kier alpha value is 0.0274. The number of hydrogen-bond acceptors (Lipinski definition) is 2. The average molecular weight is 139 g/mol. The van der Waals surface area contributed by atoms with Crippen molar-refractivity contribution in [1.82, 2.24) is 0 Å². The second-order valence-electron chi connectivity index (χ2n) is 2.74. The van der Waals surface area contributed by atoms with E-state index in [9.17, 15) is 4.79 Å². The van der Waals surface area contributed by atoms with Crippen LogP contribution in [0.4, 0.5) is 0 Å². The van der Waals surface area contributed by atoms with Crippen LogP contribution < -0.4 is 24.6 Å². The quantitative estimate of drug-likeness (QED) is 0.418. The van der Waals surface area contributed by atoms with Gasteiger partial charge in [0.25, 0.3) is 0 Å². The minimum atomic E-state index is -1.08. The van der Waals surface area contributed by atoms with E-state index in [2.05, 4.69) is 0 Å². The molecule has 3 nitrogen and oxygen atoms in total. The zero-order chi connectivity index (χ0) is 7.65. The summed E-state index contributed by atoms with van der Waals surface area (Å²) in [7, 11) is 0. The molecule has 0 saturated heterocycles. The number of rotatable bonds is 2. The molecule has 0 rings (SSSR count). The molecule has 0 aliphatic carbocycles. The van der Waals surface area contributed by atoms with Gasteiger partial charge in [-0.1, -0.05) is 13.8 Å². The van der Waals surface area contributed by atoms with Crippen LogP contribution in [0.3, 0.4) is 0 Å². The molecule has 10 heavy (non-hydrogen) atoms. The second-order valence-corrected chi connectivity index (χ2v) is 2.74. The molecule has 0 fully saturated rings. The number of aliphatic carboxylic acids is 1. The Labute approximate surface area is 74.6 Å². The van der Waals surface area contributed by atoms with Crippen molar-refractivity contribution in [2.75, 3.05) is 0 Å². The van der Waals surface area contributed by atoms with Gasteiger partial charge in [-0.2, -0.15) is 0 Å². The Bertz CT molecular complexity index is 128. The van der Waals surface area contributed by atoms with E-state index in [1.165, 1.54) is 6.92 Å². The van der Waals surface area contributed by atoms with Crippen molar-refractivity contribution in [3.63, 3.8) is 0 Å². The Morgan fingerprint density at radius 2 is 2.00 bits per heavy atom. The van der Waals surface area contributed by atoms with Crippen molar-refractivity contribution < 1.29 is 30.2 Å². The van der Waals surface area contributed by atoms with Gasteiger partial charge in [0, 0.05) is 0 Å². The fourth-order valence-corrected chi connectivity index (χ4v) is 0.247. The van der Waals surface area contributed by atoms with Gasteiger partial charge >= 0.3 is 24.8 Å². The van der Waals surface area contributed by atoms with Gasteiger partial charge in [0.1, 0.15) is 5.54 Å². The molecule has 0 spiro atoms. The zero-order valence-corrected chi connectivity index (χ0v) is 7.01. The SMILES string of the molecule is CC(C)[C@](C)(N)C(=O)O.[H-].[Li+]. The molecule has 0 aliphatic rings. The molecule has 1 atom stereocenters. The summed E-state index contributed by atoms with van der Waals surface area (Å²) in [5, 5.41) is 8.49. The van der Waals surface area contributed by atoms with Gasteiger partial charge in [-0.15, -0.1) is 0 Å². The summed E-state index contributed by atoms with van der Waals surface area (Å²) in [4.78, 5) is 10.3. The van der Waals surface area contributed by atoms with Gasteiger partial charge in [0.2, 0.25) is 0 Å². The largest absolute Gasteiger partial charge is 1.00 e. The third kappa shape index (κ3) is 2.74. The van der Waals surface area contributed by atoms with E-state index >= 15 is 0 Å². The van der Waals surface area contributed by atoms with Crippen LogP contribution in [0.25, 0.3) is 0 Å². The molecule has 0 aromatic carbocycles. The molecule has 56 valence electrons. The maximum atomic E-state index is 10.3. The van der Waals surface area contributed by atoms with Crippen LogP contribution in [-0.4, -0.2) is 16.6 Å². The summed E-state index contributed by atoms with van der Waals surface area (Å²) in [5.74, 6) is -0.979. The van der Waals surface area contributed by atoms with Crippen molar-refractivity contribution >= 4 is 5.97 Å². The van der Waals surface area contributed by atoms with E-state index in [0.29, 0.717) is 0 Å². The third-order valence-corrected chi connectivity index (χ3v) is 1.66. The normalized spacial score (nSPS) is 15.7. The Morgan fingerprint density at radius 3 is 2.00 bits per heavy atom. The van der Waals surface area contributed by atoms with Crippen molar-refractivity contribution in [3.8, 4) is 0 Å². The smallest absolute Gasteiger partial charge is 1.00 e. The van der Waals surface area contributed by atoms with Gasteiger partial charge in [0.05, 0.1) is 0 Å². The van der Waals surface area contributed by atoms with Gasteiger partial charge in [-0.25, -0.2) is 0 Å². The topological polar surface area (TPSA) is 63.3 Å². The first-order chi connectivity index (χ1) is 3.89. The third-order valence-electron chi connectivity index (χ3n) is 1.66. The van der Waals surface area contributed by atoms with Gasteiger partial charge in [-0.05, 0) is 12.8 Å². The summed E-state index contributed by atoms with van der Waals surface area (Å²) >= 11 is 0. The maximum absolute atomic E-state index is 10.3. The van der Waals surface area contributed by atoms with Gasteiger partial charge in [-0.3, -0.25) is 4.79 Å². The van der Waals surface area contributed by atoms with Crippen LogP contribution in [0, 0.1) is 5.92 Å². The van der Waals surface area contributed by atoms with E-state index < -0.39 is 11.5 Å². The summed E-state index contributed by atoms with van der Waals surface area (Å²) < 4.78 is 0. The fraction of sp³-hybridized carbons (Fsp3) is 0.833. The molecule has 0 heterocycles. The van der Waals surface area contributed by atoms with Gasteiger partial charge < -0.3 is 12.3 Å². The van der Waals surface area contributed by atoms with Crippen LogP contribution in [0.5, 0.6) is 0 Å². The molecule has 0 unspecified atom stereocenters. The van der Waals surface area contributed by atoms with Crippen LogP contribution in [0.15, 0.2) is 0 Å². The molecular formula is C6H14LiNO2. The molecule has 0 radical (unpaired) electrons. The summed E-state index contributed by atoms with van der Waals surface area (Å²) in [6.07, 6.45) is 0. The Balaban J connectivity index is -0.000000320. The van der Waals surface area contributed by atoms with Crippen LogP contribution in [0.1, 0.15) is 22.2 Å². The molecule has 0 aromatic heterocycles. The summed E-state index contributed by atoms with van der Waals surface area (Å²) in [6, 6.07) is 0. The average Bonchev–Trinajstić information content (AvgIpc) is 1.65. The first-order valence-electron chi connectivity index (χ1n) is 2.91. The number of carboxylic acid groups (broad SMARTS) is 1. The molecule has 0 amide bonds. The molecule has 4 heteroatoms. The number of nitrogens with two attached hydrogens (primary N) is 1. The second kappa shape index (κ2) is 4.02. The standard InChI is InChI=1S/C6H13NO2.Li.H/c1-4(2)6(3,7)5(8)9;;/h4H,7H2,1-3H3,(H,8,9);;/q;+1;-1/t6-;;/m0../s1. The van der Waals surface area contributed by atoms with E-state index in [0.717, 1.165) is 0 Å². The molecule has 0 saturated carbocycles. The molecule has 0 bridgehead atoms. The van der Waals surface area contributed by atoms with Crippen LogP contribution in [0.2, 0.25) is 0 Å². The molecule has 0 aromatic rings. The van der Waals surface area contributed by atoms with E-state index in [1.807, 2.05) is 0 Å². The van der Waals surface area contributed by atoms with Crippen molar-refractivity contribution in [1.29, 1.82) is 0 Å². The first kappa shape index (κ1) is 12.7. The minimum Gasteiger partial charge on any atom is -1.00 e. The van der Waals surface area contributed by atoms with Crippen LogP contribution in [-0.2, 0) is 4.79 Å². The van der Waals surface area contributed by atoms with Gasteiger partial charge in [0.15, 0.2) is 0 Å². The monoisotopic (exact) mass is 139 g/mol. The molecular weight excluding hydrogens is 125 g/mol. The summed E-state index contributed by atoms with van der Waals surface area (Å²) in [5.41, 5.74) is 4.32. The van der Waals surface area contributed by atoms with E-state index in [4.69, 9.17) is 10.8 Å². The Kier molecular flexibility index (Phi) is 5.10. The van der Waals surface area contributed by atoms with Crippen molar-refractivity contribution in [3.05, 3.63) is 0 Å². The first-order valence-corrected chi connectivity index (χ1v) is 2.91. The van der Waals surface area contributed by atoms with Crippen LogP contribution >= 0.6 is 0 Å². The number of carboxylic acids is 1. The minimum absolute atomic E-state index is 0. The fourth-order valence-electron chi connectivity index (χ4n) is 0.247. The zero-order valence-electron chi connectivity index (χ0n) is 8.01. The number of hydrogen-bond donors (Lipinski definition) is 2.